The van der Waals surface area contributed by atoms with E-state index in [2.05, 4.69) is 10.6 Å². The van der Waals surface area contributed by atoms with Gasteiger partial charge in [-0.2, -0.15) is 5.53 Å². The van der Waals surface area contributed by atoms with Crippen molar-refractivity contribution in [1.29, 1.82) is 5.53 Å². The number of benzene rings is 2. The Hall–Kier alpha value is -3.42. The molecule has 0 fully saturated rings. The fraction of sp³-hybridized carbons (Fsp3) is 0.118. The first kappa shape index (κ1) is 16.4. The van der Waals surface area contributed by atoms with Crippen LogP contribution in [0.15, 0.2) is 46.0 Å². The summed E-state index contributed by atoms with van der Waals surface area (Å²) >= 11 is 0. The molecule has 0 amide bonds. The Kier molecular flexibility index (Phi) is 4.10. The number of fused-ring (bicyclic) bond motifs is 1. The molecule has 1 unspecified atom stereocenters. The molecule has 1 atom stereocenters. The lowest BCUT2D eigenvalue weighted by Gasteiger charge is -2.13. The zero-order valence-corrected chi connectivity index (χ0v) is 13.2. The zero-order chi connectivity index (χ0) is 18.1. The van der Waals surface area contributed by atoms with Crippen molar-refractivity contribution in [3.63, 3.8) is 0 Å². The number of nitrogens with two attached hydrogens (primary N) is 1. The van der Waals surface area contributed by atoms with Gasteiger partial charge in [-0.25, -0.2) is 9.18 Å². The van der Waals surface area contributed by atoms with Gasteiger partial charge in [0.1, 0.15) is 22.7 Å². The fourth-order valence-electron chi connectivity index (χ4n) is 2.73. The molecular weight excluding hydrogens is 327 g/mol. The minimum atomic E-state index is -1.17. The van der Waals surface area contributed by atoms with Crippen molar-refractivity contribution in [1.82, 2.24) is 5.43 Å². The molecule has 1 heterocycles. The molecule has 0 saturated heterocycles. The summed E-state index contributed by atoms with van der Waals surface area (Å²) in [5, 5.41) is 13.1. The molecule has 0 aliphatic rings. The molecule has 0 radical (unpaired) electrons. The monoisotopic (exact) mass is 342 g/mol. The second-order valence-electron chi connectivity index (χ2n) is 5.56. The average Bonchev–Trinajstić information content (AvgIpc) is 2.93. The van der Waals surface area contributed by atoms with Crippen LogP contribution in [0.2, 0.25) is 0 Å². The van der Waals surface area contributed by atoms with Gasteiger partial charge in [-0.1, -0.05) is 5.22 Å². The van der Waals surface area contributed by atoms with Gasteiger partial charge in [0.2, 0.25) is 0 Å². The number of aromatic carboxylic acids is 1. The molecule has 8 heteroatoms. The molecule has 1 aromatic heterocycles. The Morgan fingerprint density at radius 3 is 2.64 bits per heavy atom. The van der Waals surface area contributed by atoms with Crippen LogP contribution in [0.3, 0.4) is 0 Å². The van der Waals surface area contributed by atoms with E-state index in [-0.39, 0.29) is 17.4 Å². The number of furan rings is 1. The third-order valence-corrected chi connectivity index (χ3v) is 3.94. The molecule has 0 saturated carbocycles. The van der Waals surface area contributed by atoms with Gasteiger partial charge in [-0.15, -0.1) is 0 Å². The topological polar surface area (TPSA) is 125 Å². The molecular formula is C17H15FN4O3. The van der Waals surface area contributed by atoms with Crippen molar-refractivity contribution in [2.24, 2.45) is 5.22 Å². The van der Waals surface area contributed by atoms with E-state index in [1.807, 2.05) is 0 Å². The molecule has 2 aromatic carbocycles. The summed E-state index contributed by atoms with van der Waals surface area (Å²) < 4.78 is 18.8. The lowest BCUT2D eigenvalue weighted by atomic mass is 10.0. The van der Waals surface area contributed by atoms with Crippen LogP contribution < -0.4 is 11.2 Å². The molecule has 0 aliphatic carbocycles. The van der Waals surface area contributed by atoms with Crippen LogP contribution in [-0.2, 0) is 0 Å². The van der Waals surface area contributed by atoms with Gasteiger partial charge >= 0.3 is 5.97 Å². The first-order valence-electron chi connectivity index (χ1n) is 7.39. The molecule has 3 rings (SSSR count). The van der Waals surface area contributed by atoms with E-state index in [1.54, 1.807) is 13.0 Å². The van der Waals surface area contributed by atoms with E-state index >= 15 is 0 Å². The number of hydrogen-bond donors (Lipinski definition) is 4. The Morgan fingerprint density at radius 2 is 2.04 bits per heavy atom. The van der Waals surface area contributed by atoms with E-state index < -0.39 is 11.8 Å². The molecule has 0 bridgehead atoms. The summed E-state index contributed by atoms with van der Waals surface area (Å²) in [7, 11) is 0. The first-order chi connectivity index (χ1) is 11.9. The highest BCUT2D eigenvalue weighted by Gasteiger charge is 2.23. The Bertz CT molecular complexity index is 966. The zero-order valence-electron chi connectivity index (χ0n) is 13.2. The summed E-state index contributed by atoms with van der Waals surface area (Å²) in [5.74, 6) is -1.47. The second-order valence-corrected chi connectivity index (χ2v) is 5.56. The van der Waals surface area contributed by atoms with E-state index in [0.717, 1.165) is 0 Å². The van der Waals surface area contributed by atoms with Gasteiger partial charge in [-0.3, -0.25) is 5.43 Å². The van der Waals surface area contributed by atoms with Crippen molar-refractivity contribution in [3.8, 4) is 11.3 Å². The number of nitrogens with zero attached hydrogens (tertiary/aromatic N) is 1. The lowest BCUT2D eigenvalue weighted by Crippen LogP contribution is -2.13. The summed E-state index contributed by atoms with van der Waals surface area (Å²) in [5.41, 5.74) is 17.2. The van der Waals surface area contributed by atoms with Gasteiger partial charge in [-0.05, 0) is 42.8 Å². The summed E-state index contributed by atoms with van der Waals surface area (Å²) in [6, 6.07) is 8.12. The van der Waals surface area contributed by atoms with Gasteiger partial charge in [0.15, 0.2) is 0 Å². The third-order valence-electron chi connectivity index (χ3n) is 3.94. The highest BCUT2D eigenvalue weighted by molar-refractivity contribution is 6.08. The predicted octanol–water partition coefficient (Wildman–Crippen LogP) is 4.12. The van der Waals surface area contributed by atoms with Crippen molar-refractivity contribution >= 4 is 22.6 Å². The third kappa shape index (κ3) is 2.89. The normalized spacial score (nSPS) is 12.1. The van der Waals surface area contributed by atoms with Crippen LogP contribution in [0.4, 0.5) is 10.1 Å². The molecule has 128 valence electrons. The molecule has 0 spiro atoms. The van der Waals surface area contributed by atoms with Crippen molar-refractivity contribution in [2.75, 3.05) is 5.73 Å². The second kappa shape index (κ2) is 6.23. The van der Waals surface area contributed by atoms with Crippen molar-refractivity contribution < 1.29 is 18.7 Å². The van der Waals surface area contributed by atoms with E-state index in [9.17, 15) is 14.3 Å². The maximum absolute atomic E-state index is 13.1. The minimum absolute atomic E-state index is 0.0297. The van der Waals surface area contributed by atoms with Crippen LogP contribution in [0.25, 0.3) is 22.3 Å². The van der Waals surface area contributed by atoms with Crippen LogP contribution in [0, 0.1) is 11.3 Å². The number of nitrogen functional groups attached to an aromatic ring is 1. The summed E-state index contributed by atoms with van der Waals surface area (Å²) in [4.78, 5) is 11.8. The molecule has 0 aliphatic heterocycles. The number of carbonyl (C=O) groups is 1. The van der Waals surface area contributed by atoms with E-state index in [4.69, 9.17) is 15.7 Å². The smallest absolute Gasteiger partial charge is 0.340 e. The number of halogens is 1. The van der Waals surface area contributed by atoms with Gasteiger partial charge < -0.3 is 15.3 Å². The molecule has 25 heavy (non-hydrogen) atoms. The number of carboxylic acids is 1. The summed E-state index contributed by atoms with van der Waals surface area (Å²) in [6.07, 6.45) is 0. The minimum Gasteiger partial charge on any atom is -0.478 e. The molecule has 5 N–H and O–H groups in total. The first-order valence-corrected chi connectivity index (χ1v) is 7.39. The standard InChI is InChI=1S/C17H15FN4O3/c1-8(21-22-20)11-6-12-14(7-13(11)19)25-16(15(12)17(23)24)9-2-4-10(18)5-3-9/h2-8H,19H2,1H3,(H2,20,21)(H,23,24). The summed E-state index contributed by atoms with van der Waals surface area (Å²) in [6.45, 7) is 1.75. The number of rotatable bonds is 5. The lowest BCUT2D eigenvalue weighted by molar-refractivity contribution is 0.0699. The van der Waals surface area contributed by atoms with Crippen molar-refractivity contribution in [3.05, 3.63) is 53.3 Å². The van der Waals surface area contributed by atoms with Crippen LogP contribution in [0.1, 0.15) is 28.9 Å². The number of nitrogens with one attached hydrogen (secondary N) is 2. The van der Waals surface area contributed by atoms with Crippen LogP contribution >= 0.6 is 0 Å². The van der Waals surface area contributed by atoms with E-state index in [0.29, 0.717) is 27.8 Å². The maximum atomic E-state index is 13.1. The Labute approximate surface area is 141 Å². The average molecular weight is 342 g/mol. The number of hydrogen-bond acceptors (Lipinski definition) is 5. The van der Waals surface area contributed by atoms with E-state index in [1.165, 1.54) is 30.3 Å². The highest BCUT2D eigenvalue weighted by atomic mass is 19.1. The van der Waals surface area contributed by atoms with Gasteiger partial charge in [0.05, 0.1) is 6.04 Å². The largest absolute Gasteiger partial charge is 0.478 e. The highest BCUT2D eigenvalue weighted by Crippen LogP contribution is 2.37. The van der Waals surface area contributed by atoms with Crippen LogP contribution in [-0.4, -0.2) is 11.1 Å². The van der Waals surface area contributed by atoms with Crippen LogP contribution in [0.5, 0.6) is 0 Å². The quantitative estimate of drug-likeness (QED) is 0.315. The molecule has 7 nitrogen and oxygen atoms in total. The number of carboxylic acid groups (broad SMARTS) is 1. The van der Waals surface area contributed by atoms with Crippen molar-refractivity contribution in [2.45, 2.75) is 13.0 Å². The predicted molar refractivity (Wildman–Crippen MR) is 89.7 cm³/mol. The SMILES string of the molecule is CC(NN=N)c1cc2c(C(=O)O)c(-c3ccc(F)cc3)oc2cc1N. The fourth-order valence-corrected chi connectivity index (χ4v) is 2.73. The molecule has 3 aromatic rings. The van der Waals surface area contributed by atoms with Gasteiger partial charge in [0.25, 0.3) is 0 Å². The maximum Gasteiger partial charge on any atom is 0.340 e. The number of anilines is 1. The Morgan fingerprint density at radius 1 is 1.36 bits per heavy atom. The van der Waals surface area contributed by atoms with Gasteiger partial charge in [0, 0.05) is 22.7 Å². The Balaban J connectivity index is 2.26.